The van der Waals surface area contributed by atoms with Gasteiger partial charge in [-0.25, -0.2) is 0 Å². The Kier molecular flexibility index (Phi) is 4.68. The molecule has 0 radical (unpaired) electrons. The van der Waals surface area contributed by atoms with Gasteiger partial charge in [0.1, 0.15) is 0 Å². The molecule has 20 heavy (non-hydrogen) atoms. The zero-order chi connectivity index (χ0) is 14.0. The Morgan fingerprint density at radius 3 is 2.40 bits per heavy atom. The summed E-state index contributed by atoms with van der Waals surface area (Å²) in [5, 5.41) is 0. The summed E-state index contributed by atoms with van der Waals surface area (Å²) < 4.78 is 0. The fourth-order valence-corrected chi connectivity index (χ4v) is 4.64. The SMILES string of the molecule is CC1CCC(CN)(CN2CCC(N3CCCC3)C2)CC1. The van der Waals surface area contributed by atoms with Gasteiger partial charge in [-0.3, -0.25) is 4.90 Å². The molecule has 0 aromatic heterocycles. The highest BCUT2D eigenvalue weighted by Crippen LogP contribution is 2.39. The largest absolute Gasteiger partial charge is 0.330 e. The summed E-state index contributed by atoms with van der Waals surface area (Å²) in [5.74, 6) is 0.922. The smallest absolute Gasteiger partial charge is 0.0235 e. The van der Waals surface area contributed by atoms with Crippen molar-refractivity contribution in [1.29, 1.82) is 0 Å². The van der Waals surface area contributed by atoms with Crippen LogP contribution >= 0.6 is 0 Å². The molecule has 2 saturated heterocycles. The lowest BCUT2D eigenvalue weighted by Gasteiger charge is -2.41. The van der Waals surface area contributed by atoms with Gasteiger partial charge in [0.2, 0.25) is 0 Å². The molecule has 3 fully saturated rings. The Morgan fingerprint density at radius 1 is 1.05 bits per heavy atom. The van der Waals surface area contributed by atoms with E-state index >= 15 is 0 Å². The predicted molar refractivity (Wildman–Crippen MR) is 84.8 cm³/mol. The summed E-state index contributed by atoms with van der Waals surface area (Å²) in [6.07, 6.45) is 9.71. The van der Waals surface area contributed by atoms with Crippen LogP contribution in [0.1, 0.15) is 51.9 Å². The molecule has 0 aromatic carbocycles. The zero-order valence-electron chi connectivity index (χ0n) is 13.3. The third-order valence-corrected chi connectivity index (χ3v) is 6.23. The summed E-state index contributed by atoms with van der Waals surface area (Å²) in [6.45, 7) is 9.86. The first-order chi connectivity index (χ1) is 9.71. The average molecular weight is 279 g/mol. The number of rotatable bonds is 4. The van der Waals surface area contributed by atoms with E-state index in [2.05, 4.69) is 16.7 Å². The van der Waals surface area contributed by atoms with Crippen molar-refractivity contribution in [3.63, 3.8) is 0 Å². The highest BCUT2D eigenvalue weighted by molar-refractivity contribution is 4.92. The second kappa shape index (κ2) is 6.33. The molecular formula is C17H33N3. The molecule has 1 saturated carbocycles. The van der Waals surface area contributed by atoms with Crippen LogP contribution in [0, 0.1) is 11.3 Å². The number of hydrogen-bond donors (Lipinski definition) is 1. The fourth-order valence-electron chi connectivity index (χ4n) is 4.64. The topological polar surface area (TPSA) is 32.5 Å². The lowest BCUT2D eigenvalue weighted by atomic mass is 9.70. The molecule has 3 heteroatoms. The van der Waals surface area contributed by atoms with Crippen LogP contribution in [-0.4, -0.2) is 55.1 Å². The first-order valence-electron chi connectivity index (χ1n) is 8.87. The lowest BCUT2D eigenvalue weighted by molar-refractivity contribution is 0.103. The van der Waals surface area contributed by atoms with Gasteiger partial charge in [0.05, 0.1) is 0 Å². The maximum atomic E-state index is 6.18. The van der Waals surface area contributed by atoms with Gasteiger partial charge in [0.25, 0.3) is 0 Å². The van der Waals surface area contributed by atoms with Crippen LogP contribution in [0.3, 0.4) is 0 Å². The van der Waals surface area contributed by atoms with E-state index in [1.165, 1.54) is 77.7 Å². The van der Waals surface area contributed by atoms with E-state index in [-0.39, 0.29) is 0 Å². The minimum atomic E-state index is 0.437. The summed E-state index contributed by atoms with van der Waals surface area (Å²) >= 11 is 0. The first-order valence-corrected chi connectivity index (χ1v) is 8.87. The van der Waals surface area contributed by atoms with E-state index in [9.17, 15) is 0 Å². The van der Waals surface area contributed by atoms with Crippen molar-refractivity contribution in [2.24, 2.45) is 17.1 Å². The standard InChI is InChI=1S/C17H33N3/c1-15-4-7-17(13-18,8-5-15)14-19-11-6-16(12-19)20-9-2-3-10-20/h15-16H,2-14,18H2,1H3. The summed E-state index contributed by atoms with van der Waals surface area (Å²) in [4.78, 5) is 5.46. The molecule has 3 rings (SSSR count). The van der Waals surface area contributed by atoms with Crippen molar-refractivity contribution in [3.05, 3.63) is 0 Å². The maximum Gasteiger partial charge on any atom is 0.0235 e. The van der Waals surface area contributed by atoms with E-state index in [1.807, 2.05) is 0 Å². The normalized spacial score (nSPS) is 40.5. The Bertz CT molecular complexity index is 303. The third-order valence-electron chi connectivity index (χ3n) is 6.23. The molecule has 0 amide bonds. The minimum Gasteiger partial charge on any atom is -0.330 e. The molecule has 2 N–H and O–H groups in total. The fraction of sp³-hybridized carbons (Fsp3) is 1.00. The monoisotopic (exact) mass is 279 g/mol. The average Bonchev–Trinajstić information content (AvgIpc) is 3.12. The van der Waals surface area contributed by atoms with Crippen LogP contribution in [0.15, 0.2) is 0 Å². The number of hydrogen-bond acceptors (Lipinski definition) is 3. The highest BCUT2D eigenvalue weighted by Gasteiger charge is 2.37. The van der Waals surface area contributed by atoms with Crippen molar-refractivity contribution in [2.75, 3.05) is 39.3 Å². The Hall–Kier alpha value is -0.120. The van der Waals surface area contributed by atoms with Gasteiger partial charge in [-0.2, -0.15) is 0 Å². The van der Waals surface area contributed by atoms with Crippen LogP contribution in [0.4, 0.5) is 0 Å². The van der Waals surface area contributed by atoms with Crippen molar-refractivity contribution >= 4 is 0 Å². The Labute approximate surface area is 124 Å². The lowest BCUT2D eigenvalue weighted by Crippen LogP contribution is -2.45. The Morgan fingerprint density at radius 2 is 1.75 bits per heavy atom. The molecule has 0 bridgehead atoms. The van der Waals surface area contributed by atoms with E-state index in [0.717, 1.165) is 18.5 Å². The van der Waals surface area contributed by atoms with Crippen molar-refractivity contribution in [1.82, 2.24) is 9.80 Å². The van der Waals surface area contributed by atoms with Crippen molar-refractivity contribution in [2.45, 2.75) is 57.9 Å². The van der Waals surface area contributed by atoms with E-state index in [1.54, 1.807) is 0 Å². The maximum absolute atomic E-state index is 6.18. The molecule has 1 unspecified atom stereocenters. The van der Waals surface area contributed by atoms with Crippen LogP contribution in [-0.2, 0) is 0 Å². The van der Waals surface area contributed by atoms with E-state index < -0.39 is 0 Å². The number of nitrogens with zero attached hydrogens (tertiary/aromatic N) is 2. The highest BCUT2D eigenvalue weighted by atomic mass is 15.3. The molecule has 1 aliphatic carbocycles. The molecule has 0 spiro atoms. The molecule has 3 aliphatic rings. The van der Waals surface area contributed by atoms with Gasteiger partial charge in [-0.15, -0.1) is 0 Å². The van der Waals surface area contributed by atoms with Gasteiger partial charge in [0.15, 0.2) is 0 Å². The van der Waals surface area contributed by atoms with Gasteiger partial charge in [-0.1, -0.05) is 19.8 Å². The van der Waals surface area contributed by atoms with Gasteiger partial charge in [0, 0.05) is 19.1 Å². The molecule has 116 valence electrons. The summed E-state index contributed by atoms with van der Waals surface area (Å²) in [6, 6.07) is 0.842. The summed E-state index contributed by atoms with van der Waals surface area (Å²) in [5.41, 5.74) is 6.62. The van der Waals surface area contributed by atoms with Gasteiger partial charge < -0.3 is 10.6 Å². The third kappa shape index (κ3) is 3.20. The van der Waals surface area contributed by atoms with Crippen molar-refractivity contribution < 1.29 is 0 Å². The Balaban J connectivity index is 1.52. The molecule has 1 atom stereocenters. The first kappa shape index (κ1) is 14.8. The number of likely N-dealkylation sites (tertiary alicyclic amines) is 2. The molecule has 3 nitrogen and oxygen atoms in total. The van der Waals surface area contributed by atoms with Crippen LogP contribution in [0.5, 0.6) is 0 Å². The second-order valence-corrected chi connectivity index (χ2v) is 7.81. The summed E-state index contributed by atoms with van der Waals surface area (Å²) in [7, 11) is 0. The van der Waals surface area contributed by atoms with Crippen LogP contribution < -0.4 is 5.73 Å². The molecule has 2 heterocycles. The molecule has 0 aromatic rings. The molecular weight excluding hydrogens is 246 g/mol. The number of nitrogens with two attached hydrogens (primary N) is 1. The van der Waals surface area contributed by atoms with E-state index in [0.29, 0.717) is 5.41 Å². The predicted octanol–water partition coefficient (Wildman–Crippen LogP) is 2.31. The van der Waals surface area contributed by atoms with Crippen LogP contribution in [0.2, 0.25) is 0 Å². The van der Waals surface area contributed by atoms with Crippen LogP contribution in [0.25, 0.3) is 0 Å². The molecule has 2 aliphatic heterocycles. The second-order valence-electron chi connectivity index (χ2n) is 7.81. The van der Waals surface area contributed by atoms with Gasteiger partial charge >= 0.3 is 0 Å². The van der Waals surface area contributed by atoms with Crippen molar-refractivity contribution in [3.8, 4) is 0 Å². The minimum absolute atomic E-state index is 0.437. The van der Waals surface area contributed by atoms with E-state index in [4.69, 9.17) is 5.73 Å². The zero-order valence-corrected chi connectivity index (χ0v) is 13.3. The quantitative estimate of drug-likeness (QED) is 0.857. The van der Waals surface area contributed by atoms with Gasteiger partial charge in [-0.05, 0) is 69.6 Å².